The van der Waals surface area contributed by atoms with Crippen molar-refractivity contribution in [1.82, 2.24) is 24.7 Å². The van der Waals surface area contributed by atoms with Gasteiger partial charge in [0.05, 0.1) is 17.1 Å². The van der Waals surface area contributed by atoms with Crippen molar-refractivity contribution in [3.63, 3.8) is 0 Å². The van der Waals surface area contributed by atoms with Crippen molar-refractivity contribution in [3.8, 4) is 17.6 Å². The standard InChI is InChI=1S/C13H9Cl2N5O/c14-6-10-11(15)16-7-17-12(10)21-13-18-8-20(19-13)9-4-2-1-3-5-9/h1-5,7-8H,6H2. The van der Waals surface area contributed by atoms with Gasteiger partial charge in [-0.15, -0.1) is 16.7 Å². The summed E-state index contributed by atoms with van der Waals surface area (Å²) in [5.41, 5.74) is 1.37. The van der Waals surface area contributed by atoms with Gasteiger partial charge in [-0.1, -0.05) is 29.8 Å². The van der Waals surface area contributed by atoms with Crippen LogP contribution in [-0.2, 0) is 5.88 Å². The van der Waals surface area contributed by atoms with Crippen molar-refractivity contribution in [2.75, 3.05) is 0 Å². The minimum atomic E-state index is 0.133. The molecule has 0 fully saturated rings. The second kappa shape index (κ2) is 6.07. The molecule has 2 aromatic heterocycles. The Labute approximate surface area is 130 Å². The van der Waals surface area contributed by atoms with Crippen LogP contribution in [0.15, 0.2) is 43.0 Å². The lowest BCUT2D eigenvalue weighted by molar-refractivity contribution is 0.419. The number of nitrogens with zero attached hydrogens (tertiary/aromatic N) is 5. The third-order valence-corrected chi connectivity index (χ3v) is 3.26. The second-order valence-corrected chi connectivity index (χ2v) is 4.62. The summed E-state index contributed by atoms with van der Waals surface area (Å²) in [6.45, 7) is 0. The van der Waals surface area contributed by atoms with E-state index in [2.05, 4.69) is 20.1 Å². The molecule has 1 aromatic carbocycles. The largest absolute Gasteiger partial charge is 0.404 e. The molecule has 0 aliphatic rings. The topological polar surface area (TPSA) is 65.7 Å². The van der Waals surface area contributed by atoms with E-state index in [1.807, 2.05) is 30.3 Å². The van der Waals surface area contributed by atoms with Crippen molar-refractivity contribution < 1.29 is 4.74 Å². The zero-order valence-corrected chi connectivity index (χ0v) is 12.2. The normalized spacial score (nSPS) is 10.6. The highest BCUT2D eigenvalue weighted by atomic mass is 35.5. The van der Waals surface area contributed by atoms with Crippen molar-refractivity contribution in [2.45, 2.75) is 5.88 Å². The molecule has 0 aliphatic heterocycles. The van der Waals surface area contributed by atoms with Crippen LogP contribution >= 0.6 is 23.2 Å². The molecule has 0 unspecified atom stereocenters. The third kappa shape index (κ3) is 2.96. The number of ether oxygens (including phenoxy) is 1. The molecule has 0 amide bonds. The molecule has 3 rings (SSSR count). The molecule has 0 atom stereocenters. The molecule has 0 spiro atoms. The second-order valence-electron chi connectivity index (χ2n) is 3.99. The van der Waals surface area contributed by atoms with E-state index < -0.39 is 0 Å². The lowest BCUT2D eigenvalue weighted by Crippen LogP contribution is -1.98. The minimum absolute atomic E-state index is 0.133. The number of benzene rings is 1. The molecular weight excluding hydrogens is 313 g/mol. The van der Waals surface area contributed by atoms with Crippen LogP contribution in [0, 0.1) is 0 Å². The Bertz CT molecular complexity index is 747. The molecule has 8 heteroatoms. The van der Waals surface area contributed by atoms with Gasteiger partial charge in [-0.2, -0.15) is 4.98 Å². The van der Waals surface area contributed by atoms with Gasteiger partial charge in [0.25, 0.3) is 0 Å². The number of alkyl halides is 1. The quantitative estimate of drug-likeness (QED) is 0.545. The first-order valence-electron chi connectivity index (χ1n) is 5.98. The fourth-order valence-corrected chi connectivity index (χ4v) is 2.16. The summed E-state index contributed by atoms with van der Waals surface area (Å²) in [7, 11) is 0. The predicted molar refractivity (Wildman–Crippen MR) is 78.0 cm³/mol. The molecule has 0 bridgehead atoms. The Morgan fingerprint density at radius 2 is 1.90 bits per heavy atom. The Morgan fingerprint density at radius 3 is 2.67 bits per heavy atom. The van der Waals surface area contributed by atoms with Gasteiger partial charge in [-0.25, -0.2) is 14.6 Å². The van der Waals surface area contributed by atoms with Crippen molar-refractivity contribution in [1.29, 1.82) is 0 Å². The summed E-state index contributed by atoms with van der Waals surface area (Å²) in [4.78, 5) is 11.9. The highest BCUT2D eigenvalue weighted by Gasteiger charge is 2.13. The van der Waals surface area contributed by atoms with Gasteiger partial charge in [-0.05, 0) is 12.1 Å². The molecule has 0 aliphatic carbocycles. The Kier molecular flexibility index (Phi) is 3.98. The fraction of sp³-hybridized carbons (Fsp3) is 0.0769. The van der Waals surface area contributed by atoms with Crippen LogP contribution in [0.25, 0.3) is 5.69 Å². The van der Waals surface area contributed by atoms with E-state index in [1.54, 1.807) is 11.0 Å². The number of aromatic nitrogens is 5. The van der Waals surface area contributed by atoms with E-state index in [0.717, 1.165) is 5.69 Å². The summed E-state index contributed by atoms with van der Waals surface area (Å²) in [6, 6.07) is 9.71. The maximum Gasteiger partial charge on any atom is 0.342 e. The highest BCUT2D eigenvalue weighted by Crippen LogP contribution is 2.26. The lowest BCUT2D eigenvalue weighted by atomic mass is 10.3. The van der Waals surface area contributed by atoms with Gasteiger partial charge >= 0.3 is 6.01 Å². The van der Waals surface area contributed by atoms with E-state index in [1.165, 1.54) is 6.33 Å². The van der Waals surface area contributed by atoms with Gasteiger partial charge in [0.15, 0.2) is 0 Å². The molecule has 106 valence electrons. The molecule has 2 heterocycles. The van der Waals surface area contributed by atoms with Gasteiger partial charge < -0.3 is 4.74 Å². The van der Waals surface area contributed by atoms with E-state index in [4.69, 9.17) is 27.9 Å². The van der Waals surface area contributed by atoms with E-state index in [-0.39, 0.29) is 22.9 Å². The number of rotatable bonds is 4. The Morgan fingerprint density at radius 1 is 1.10 bits per heavy atom. The first-order chi connectivity index (χ1) is 10.3. The van der Waals surface area contributed by atoms with Gasteiger partial charge in [-0.3, -0.25) is 0 Å². The summed E-state index contributed by atoms with van der Waals surface area (Å²) in [5, 5.41) is 4.47. The molecule has 3 aromatic rings. The Balaban J connectivity index is 1.87. The maximum absolute atomic E-state index is 5.94. The van der Waals surface area contributed by atoms with E-state index in [0.29, 0.717) is 5.56 Å². The van der Waals surface area contributed by atoms with Gasteiger partial charge in [0, 0.05) is 0 Å². The van der Waals surface area contributed by atoms with Crippen molar-refractivity contribution >= 4 is 23.2 Å². The molecule has 0 radical (unpaired) electrons. The fourth-order valence-electron chi connectivity index (χ4n) is 1.66. The predicted octanol–water partition coefficient (Wildman–Crippen LogP) is 3.24. The number of hydrogen-bond donors (Lipinski definition) is 0. The number of para-hydroxylation sites is 1. The SMILES string of the molecule is ClCc1c(Cl)ncnc1Oc1ncn(-c2ccccc2)n1. The van der Waals surface area contributed by atoms with Crippen molar-refractivity contribution in [2.24, 2.45) is 0 Å². The first-order valence-corrected chi connectivity index (χ1v) is 6.89. The zero-order valence-electron chi connectivity index (χ0n) is 10.6. The molecule has 0 saturated heterocycles. The molecule has 21 heavy (non-hydrogen) atoms. The van der Waals surface area contributed by atoms with Crippen LogP contribution in [0.1, 0.15) is 5.56 Å². The molecule has 0 saturated carbocycles. The first kappa shape index (κ1) is 13.8. The van der Waals surface area contributed by atoms with Crippen LogP contribution in [0.3, 0.4) is 0 Å². The van der Waals surface area contributed by atoms with Crippen LogP contribution in [0.4, 0.5) is 0 Å². The number of hydrogen-bond acceptors (Lipinski definition) is 5. The number of halogens is 2. The average Bonchev–Trinajstić information content (AvgIpc) is 2.97. The highest BCUT2D eigenvalue weighted by molar-refractivity contribution is 6.31. The van der Waals surface area contributed by atoms with Gasteiger partial charge in [0.1, 0.15) is 17.8 Å². The van der Waals surface area contributed by atoms with Crippen LogP contribution in [-0.4, -0.2) is 24.7 Å². The maximum atomic E-state index is 5.94. The summed E-state index contributed by atoms with van der Waals surface area (Å²) >= 11 is 11.7. The third-order valence-electron chi connectivity index (χ3n) is 2.67. The summed E-state index contributed by atoms with van der Waals surface area (Å²) in [5.74, 6) is 0.379. The van der Waals surface area contributed by atoms with E-state index in [9.17, 15) is 0 Å². The molecule has 6 nitrogen and oxygen atoms in total. The monoisotopic (exact) mass is 321 g/mol. The Hall–Kier alpha value is -2.18. The van der Waals surface area contributed by atoms with Gasteiger partial charge in [0.2, 0.25) is 5.88 Å². The molecule has 0 N–H and O–H groups in total. The minimum Gasteiger partial charge on any atom is -0.404 e. The van der Waals surface area contributed by atoms with Crippen LogP contribution < -0.4 is 4.74 Å². The lowest BCUT2D eigenvalue weighted by Gasteiger charge is -2.05. The molecular formula is C13H9Cl2N5O. The zero-order chi connectivity index (χ0) is 14.7. The van der Waals surface area contributed by atoms with E-state index >= 15 is 0 Å². The summed E-state index contributed by atoms with van der Waals surface area (Å²) in [6.07, 6.45) is 2.84. The van der Waals surface area contributed by atoms with Crippen molar-refractivity contribution in [3.05, 3.63) is 53.7 Å². The van der Waals surface area contributed by atoms with Crippen LogP contribution in [0.2, 0.25) is 5.15 Å². The average molecular weight is 322 g/mol. The smallest absolute Gasteiger partial charge is 0.342 e. The van der Waals surface area contributed by atoms with Crippen LogP contribution in [0.5, 0.6) is 11.9 Å². The summed E-state index contributed by atoms with van der Waals surface area (Å²) < 4.78 is 7.12.